The van der Waals surface area contributed by atoms with Gasteiger partial charge in [-0.15, -0.1) is 4.91 Å². The Bertz CT molecular complexity index is 460. The number of nitroso groups, excluding NO2 is 1. The van der Waals surface area contributed by atoms with Crippen LogP contribution in [0.15, 0.2) is 28.0 Å². The lowest BCUT2D eigenvalue weighted by Gasteiger charge is -2.35. The largest absolute Gasteiger partial charge is 0.317 e. The molecule has 5 heteroatoms. The zero-order valence-electron chi connectivity index (χ0n) is 9.73. The van der Waals surface area contributed by atoms with Crippen LogP contribution >= 0.6 is 11.8 Å². The summed E-state index contributed by atoms with van der Waals surface area (Å²) >= 11 is 1.82. The molecule has 0 spiro atoms. The number of carbonyl (C=O) groups is 2. The first-order chi connectivity index (χ1) is 8.06. The molecular formula is C12H13NO3S. The molecule has 0 aromatic rings. The Hall–Kier alpha value is -1.23. The molecule has 0 saturated carbocycles. The molecule has 1 unspecified atom stereocenters. The van der Waals surface area contributed by atoms with Crippen LogP contribution in [0.3, 0.4) is 0 Å². The lowest BCUT2D eigenvalue weighted by atomic mass is 9.77. The highest BCUT2D eigenvalue weighted by molar-refractivity contribution is 8.00. The number of nitrogens with zero attached hydrogens (tertiary/aromatic N) is 1. The highest BCUT2D eigenvalue weighted by atomic mass is 32.2. The first-order valence-corrected chi connectivity index (χ1v) is 6.60. The van der Waals surface area contributed by atoms with Crippen LogP contribution in [-0.4, -0.2) is 23.2 Å². The predicted molar refractivity (Wildman–Crippen MR) is 66.6 cm³/mol. The van der Waals surface area contributed by atoms with Gasteiger partial charge in [0, 0.05) is 11.1 Å². The Morgan fingerprint density at radius 1 is 1.41 bits per heavy atom. The van der Waals surface area contributed by atoms with Gasteiger partial charge in [0.25, 0.3) is 0 Å². The fourth-order valence-corrected chi connectivity index (χ4v) is 3.20. The summed E-state index contributed by atoms with van der Waals surface area (Å²) in [6.45, 7) is 3.64. The minimum atomic E-state index is -0.850. The summed E-state index contributed by atoms with van der Waals surface area (Å²) in [6.07, 6.45) is 1.29. The first-order valence-electron chi connectivity index (χ1n) is 5.45. The van der Waals surface area contributed by atoms with Crippen molar-refractivity contribution < 1.29 is 9.59 Å². The summed E-state index contributed by atoms with van der Waals surface area (Å²) in [5.41, 5.74) is 1.80. The van der Waals surface area contributed by atoms with Crippen LogP contribution in [0.25, 0.3) is 0 Å². The van der Waals surface area contributed by atoms with E-state index in [0.29, 0.717) is 5.92 Å². The maximum atomic E-state index is 12.0. The summed E-state index contributed by atoms with van der Waals surface area (Å²) in [5, 5.41) is 2.39. The topological polar surface area (TPSA) is 63.6 Å². The maximum Gasteiger partial charge on any atom is 0.317 e. The molecule has 1 aliphatic heterocycles. The minimum absolute atomic E-state index is 0.0644. The van der Waals surface area contributed by atoms with Crippen molar-refractivity contribution in [2.75, 3.05) is 11.5 Å². The molecule has 0 radical (unpaired) electrons. The van der Waals surface area contributed by atoms with Gasteiger partial charge in [0.2, 0.25) is 0 Å². The van der Waals surface area contributed by atoms with Crippen molar-refractivity contribution in [2.45, 2.75) is 13.8 Å². The van der Waals surface area contributed by atoms with Gasteiger partial charge < -0.3 is 0 Å². The van der Waals surface area contributed by atoms with Gasteiger partial charge in [0.15, 0.2) is 5.78 Å². The summed E-state index contributed by atoms with van der Waals surface area (Å²) in [5.74, 6) is 1.33. The Kier molecular flexibility index (Phi) is 3.28. The molecule has 17 heavy (non-hydrogen) atoms. The average molecular weight is 251 g/mol. The van der Waals surface area contributed by atoms with E-state index < -0.39 is 5.91 Å². The van der Waals surface area contributed by atoms with Crippen molar-refractivity contribution in [1.82, 2.24) is 0 Å². The quantitative estimate of drug-likeness (QED) is 0.705. The van der Waals surface area contributed by atoms with Crippen molar-refractivity contribution in [3.63, 3.8) is 0 Å². The fourth-order valence-electron chi connectivity index (χ4n) is 2.30. The van der Waals surface area contributed by atoms with Crippen LogP contribution < -0.4 is 0 Å². The van der Waals surface area contributed by atoms with Crippen LogP contribution in [0.2, 0.25) is 0 Å². The van der Waals surface area contributed by atoms with Gasteiger partial charge in [0.05, 0.1) is 5.57 Å². The first kappa shape index (κ1) is 12.2. The lowest BCUT2D eigenvalue weighted by Crippen LogP contribution is -2.35. The van der Waals surface area contributed by atoms with Gasteiger partial charge in [-0.3, -0.25) is 9.59 Å². The molecule has 1 heterocycles. The molecule has 1 fully saturated rings. The van der Waals surface area contributed by atoms with Crippen molar-refractivity contribution in [3.8, 4) is 0 Å². The van der Waals surface area contributed by atoms with Crippen LogP contribution in [0.5, 0.6) is 0 Å². The van der Waals surface area contributed by atoms with E-state index in [1.54, 1.807) is 6.92 Å². The van der Waals surface area contributed by atoms with E-state index >= 15 is 0 Å². The number of rotatable bonds is 2. The molecule has 0 aromatic heterocycles. The molecule has 1 aliphatic carbocycles. The van der Waals surface area contributed by atoms with Gasteiger partial charge in [-0.2, -0.15) is 11.8 Å². The summed E-state index contributed by atoms with van der Waals surface area (Å²) < 4.78 is 0. The Labute approximate surface area is 104 Å². The van der Waals surface area contributed by atoms with Crippen LogP contribution in [0, 0.1) is 16.7 Å². The monoisotopic (exact) mass is 251 g/mol. The molecule has 0 aromatic carbocycles. The fraction of sp³-hybridized carbons (Fsp3) is 0.500. The van der Waals surface area contributed by atoms with Gasteiger partial charge in [0.1, 0.15) is 0 Å². The Balaban J connectivity index is 2.35. The molecule has 90 valence electrons. The zero-order chi connectivity index (χ0) is 12.6. The van der Waals surface area contributed by atoms with E-state index in [2.05, 4.69) is 5.18 Å². The summed E-state index contributed by atoms with van der Waals surface area (Å²) in [4.78, 5) is 33.6. The molecule has 0 bridgehead atoms. The van der Waals surface area contributed by atoms with E-state index in [9.17, 15) is 14.5 Å². The molecule has 2 rings (SSSR count). The van der Waals surface area contributed by atoms with Crippen LogP contribution in [0.1, 0.15) is 13.8 Å². The highest BCUT2D eigenvalue weighted by Gasteiger charge is 2.37. The number of thioether (sulfide) groups is 1. The number of amides is 1. The van der Waals surface area contributed by atoms with E-state index in [0.717, 1.165) is 22.7 Å². The standard InChI is InChI=1S/C12H13NO3S/c1-6-7(2)11(8-4-17-5-8)10(14)3-9(6)12(15)13-16/h3,8,11H,4-5H2,1-2H3. The van der Waals surface area contributed by atoms with E-state index in [1.807, 2.05) is 18.7 Å². The van der Waals surface area contributed by atoms with Gasteiger partial charge in [-0.05, 0) is 42.9 Å². The lowest BCUT2D eigenvalue weighted by molar-refractivity contribution is -0.119. The molecule has 1 atom stereocenters. The summed E-state index contributed by atoms with van der Waals surface area (Å²) in [6, 6.07) is 0. The highest BCUT2D eigenvalue weighted by Crippen LogP contribution is 2.40. The van der Waals surface area contributed by atoms with Gasteiger partial charge in [-0.1, -0.05) is 5.57 Å². The third-order valence-electron chi connectivity index (χ3n) is 3.50. The smallest absolute Gasteiger partial charge is 0.294 e. The van der Waals surface area contributed by atoms with Crippen molar-refractivity contribution in [2.24, 2.45) is 17.0 Å². The zero-order valence-corrected chi connectivity index (χ0v) is 10.5. The predicted octanol–water partition coefficient (Wildman–Crippen LogP) is 2.10. The molecule has 0 N–H and O–H groups in total. The van der Waals surface area contributed by atoms with Crippen molar-refractivity contribution in [3.05, 3.63) is 27.7 Å². The average Bonchev–Trinajstić information content (AvgIpc) is 2.25. The van der Waals surface area contributed by atoms with Crippen LogP contribution in [0.4, 0.5) is 0 Å². The molecule has 1 amide bonds. The Morgan fingerprint density at radius 3 is 2.53 bits per heavy atom. The number of hydrogen-bond acceptors (Lipinski definition) is 4. The van der Waals surface area contributed by atoms with Gasteiger partial charge >= 0.3 is 5.91 Å². The number of ketones is 1. The second-order valence-corrected chi connectivity index (χ2v) is 5.51. The summed E-state index contributed by atoms with van der Waals surface area (Å²) in [7, 11) is 0. The molecule has 1 saturated heterocycles. The van der Waals surface area contributed by atoms with Crippen LogP contribution in [-0.2, 0) is 9.59 Å². The van der Waals surface area contributed by atoms with Crippen molar-refractivity contribution in [1.29, 1.82) is 0 Å². The van der Waals surface area contributed by atoms with Gasteiger partial charge in [-0.25, -0.2) is 0 Å². The SMILES string of the molecule is CC1=C(C)C(C2CSC2)C(=O)C=C1C(=O)N=O. The molecule has 2 aliphatic rings. The Morgan fingerprint density at radius 2 is 2.06 bits per heavy atom. The van der Waals surface area contributed by atoms with E-state index in [-0.39, 0.29) is 17.3 Å². The number of hydrogen-bond donors (Lipinski definition) is 0. The molecular weight excluding hydrogens is 238 g/mol. The second kappa shape index (κ2) is 4.56. The number of allylic oxidation sites excluding steroid dienone is 2. The normalized spacial score (nSPS) is 25.4. The van der Waals surface area contributed by atoms with E-state index in [4.69, 9.17) is 0 Å². The van der Waals surface area contributed by atoms with Crippen molar-refractivity contribution >= 4 is 23.5 Å². The maximum absolute atomic E-state index is 12.0. The third kappa shape index (κ3) is 1.99. The third-order valence-corrected chi connectivity index (χ3v) is 4.83. The minimum Gasteiger partial charge on any atom is -0.294 e. The number of carbonyl (C=O) groups excluding carboxylic acids is 2. The molecule has 4 nitrogen and oxygen atoms in total. The second-order valence-electron chi connectivity index (χ2n) is 4.44. The van der Waals surface area contributed by atoms with E-state index in [1.165, 1.54) is 6.08 Å².